The summed E-state index contributed by atoms with van der Waals surface area (Å²) in [6, 6.07) is 20.9. The maximum Gasteiger partial charge on any atom is 0.337 e. The number of benzene rings is 3. The number of rotatable bonds is 4. The molecule has 2 N–H and O–H groups in total. The molecule has 30 heavy (non-hydrogen) atoms. The molecule has 3 nitrogen and oxygen atoms in total. The van der Waals surface area contributed by atoms with E-state index in [9.17, 15) is 9.90 Å². The number of carbonyl (C=O) groups is 1. The molecule has 0 bridgehead atoms. The van der Waals surface area contributed by atoms with Crippen LogP contribution < -0.4 is 5.32 Å². The summed E-state index contributed by atoms with van der Waals surface area (Å²) in [6.45, 7) is 6.47. The van der Waals surface area contributed by atoms with Gasteiger partial charge in [-0.3, -0.25) is 0 Å². The van der Waals surface area contributed by atoms with E-state index in [1.807, 2.05) is 6.07 Å². The molecule has 3 aromatic rings. The maximum absolute atomic E-state index is 12.1. The summed E-state index contributed by atoms with van der Waals surface area (Å²) in [5.74, 6) is -0.530. The van der Waals surface area contributed by atoms with E-state index in [4.69, 9.17) is 0 Å². The zero-order valence-electron chi connectivity index (χ0n) is 17.4. The van der Waals surface area contributed by atoms with Crippen molar-refractivity contribution in [2.45, 2.75) is 45.1 Å². The molecular formula is C26H26BrNO2. The Hall–Kier alpha value is -2.59. The van der Waals surface area contributed by atoms with E-state index in [2.05, 4.69) is 90.5 Å². The normalized spacial score (nSPS) is 18.9. The number of hydrogen-bond donors (Lipinski definition) is 2. The van der Waals surface area contributed by atoms with E-state index >= 15 is 0 Å². The Balaban J connectivity index is 1.87. The lowest BCUT2D eigenvalue weighted by atomic mass is 9.75. The van der Waals surface area contributed by atoms with Crippen molar-refractivity contribution in [3.8, 4) is 0 Å². The second-order valence-corrected chi connectivity index (χ2v) is 9.24. The van der Waals surface area contributed by atoms with E-state index in [1.54, 1.807) is 6.07 Å². The van der Waals surface area contributed by atoms with Crippen molar-refractivity contribution in [1.82, 2.24) is 0 Å². The third-order valence-electron chi connectivity index (χ3n) is 6.30. The van der Waals surface area contributed by atoms with Crippen LogP contribution in [-0.2, 0) is 0 Å². The summed E-state index contributed by atoms with van der Waals surface area (Å²) in [4.78, 5) is 12.1. The van der Waals surface area contributed by atoms with Crippen molar-refractivity contribution in [3.05, 3.63) is 98.5 Å². The highest BCUT2D eigenvalue weighted by atomic mass is 79.9. The first-order chi connectivity index (χ1) is 14.3. The summed E-state index contributed by atoms with van der Waals surface area (Å²) < 4.78 is 0.797. The first-order valence-corrected chi connectivity index (χ1v) is 11.1. The third kappa shape index (κ3) is 3.89. The van der Waals surface area contributed by atoms with Gasteiger partial charge in [0.15, 0.2) is 0 Å². The second-order valence-electron chi connectivity index (χ2n) is 8.32. The zero-order chi connectivity index (χ0) is 21.4. The first kappa shape index (κ1) is 20.7. The predicted molar refractivity (Wildman–Crippen MR) is 126 cm³/mol. The molecule has 4 heteroatoms. The average molecular weight is 464 g/mol. The van der Waals surface area contributed by atoms with Gasteiger partial charge in [-0.2, -0.15) is 0 Å². The van der Waals surface area contributed by atoms with Crippen molar-refractivity contribution in [2.75, 3.05) is 5.32 Å². The van der Waals surface area contributed by atoms with Crippen molar-refractivity contribution in [3.63, 3.8) is 0 Å². The van der Waals surface area contributed by atoms with Gasteiger partial charge in [0.05, 0.1) is 11.3 Å². The fourth-order valence-electron chi connectivity index (χ4n) is 4.61. The number of anilines is 1. The van der Waals surface area contributed by atoms with E-state index in [1.165, 1.54) is 22.3 Å². The highest BCUT2D eigenvalue weighted by Crippen LogP contribution is 2.45. The van der Waals surface area contributed by atoms with Crippen LogP contribution in [0.1, 0.15) is 63.4 Å². The third-order valence-corrected chi connectivity index (χ3v) is 6.76. The number of carboxylic acids is 1. The number of carboxylic acid groups (broad SMARTS) is 1. The molecule has 3 atom stereocenters. The van der Waals surface area contributed by atoms with Gasteiger partial charge in [0.1, 0.15) is 0 Å². The van der Waals surface area contributed by atoms with Gasteiger partial charge in [0, 0.05) is 22.4 Å². The Kier molecular flexibility index (Phi) is 5.70. The molecule has 0 fully saturated rings. The van der Waals surface area contributed by atoms with Gasteiger partial charge in [-0.25, -0.2) is 4.79 Å². The van der Waals surface area contributed by atoms with Gasteiger partial charge in [-0.1, -0.05) is 76.9 Å². The molecule has 0 spiro atoms. The topological polar surface area (TPSA) is 49.3 Å². The molecule has 0 saturated carbocycles. The summed E-state index contributed by atoms with van der Waals surface area (Å²) >= 11 is 3.53. The molecule has 154 valence electrons. The van der Waals surface area contributed by atoms with Crippen molar-refractivity contribution < 1.29 is 9.90 Å². The Bertz CT molecular complexity index is 1090. The molecule has 0 amide bonds. The highest BCUT2D eigenvalue weighted by molar-refractivity contribution is 9.10. The maximum atomic E-state index is 12.1. The van der Waals surface area contributed by atoms with E-state index in [-0.39, 0.29) is 17.9 Å². The van der Waals surface area contributed by atoms with E-state index in [0.29, 0.717) is 5.56 Å². The number of fused-ring (bicyclic) bond motifs is 1. The number of aryl methyl sites for hydroxylation is 2. The minimum atomic E-state index is -0.909. The SMILES string of the molecule is Cc1ccc(C)c([C@@H]2C[C@H]([C@H](C)c3ccccc3)Nc3c(C(=O)O)cc(Br)cc32)c1. The van der Waals surface area contributed by atoms with Gasteiger partial charge >= 0.3 is 5.97 Å². The number of nitrogens with one attached hydrogen (secondary N) is 1. The highest BCUT2D eigenvalue weighted by Gasteiger charge is 2.34. The molecule has 0 unspecified atom stereocenters. The van der Waals surface area contributed by atoms with Crippen LogP contribution in [0.25, 0.3) is 0 Å². The summed E-state index contributed by atoms with van der Waals surface area (Å²) in [5.41, 5.74) is 7.10. The van der Waals surface area contributed by atoms with Crippen molar-refractivity contribution >= 4 is 27.6 Å². The zero-order valence-corrected chi connectivity index (χ0v) is 19.0. The Morgan fingerprint density at radius 2 is 1.80 bits per heavy atom. The quantitative estimate of drug-likeness (QED) is 0.442. The van der Waals surface area contributed by atoms with Crippen LogP contribution in [0.3, 0.4) is 0 Å². The lowest BCUT2D eigenvalue weighted by Crippen LogP contribution is -2.34. The molecule has 3 aromatic carbocycles. The lowest BCUT2D eigenvalue weighted by Gasteiger charge is -2.38. The van der Waals surface area contributed by atoms with Crippen LogP contribution in [0, 0.1) is 13.8 Å². The van der Waals surface area contributed by atoms with Crippen LogP contribution in [-0.4, -0.2) is 17.1 Å². The van der Waals surface area contributed by atoms with Crippen LogP contribution in [0.4, 0.5) is 5.69 Å². The van der Waals surface area contributed by atoms with Crippen LogP contribution in [0.2, 0.25) is 0 Å². The van der Waals surface area contributed by atoms with E-state index < -0.39 is 5.97 Å². The van der Waals surface area contributed by atoms with Crippen molar-refractivity contribution in [2.24, 2.45) is 0 Å². The standard InChI is InChI=1S/C26H26BrNO2/c1-15-9-10-16(2)20(11-15)21-14-24(17(3)18-7-5-4-6-8-18)28-25-22(21)12-19(27)13-23(25)26(29)30/h4-13,17,21,24,28H,14H2,1-3H3,(H,29,30)/t17-,21+,24-/m1/s1. The molecule has 0 radical (unpaired) electrons. The molecule has 1 aliphatic rings. The van der Waals surface area contributed by atoms with Gasteiger partial charge in [-0.05, 0) is 54.7 Å². The van der Waals surface area contributed by atoms with Crippen LogP contribution in [0.15, 0.2) is 65.1 Å². The fraction of sp³-hybridized carbons (Fsp3) is 0.269. The summed E-state index contributed by atoms with van der Waals surface area (Å²) in [6.07, 6.45) is 0.906. The minimum absolute atomic E-state index is 0.129. The van der Waals surface area contributed by atoms with Gasteiger partial charge in [0.25, 0.3) is 0 Å². The molecule has 0 saturated heterocycles. The molecule has 4 rings (SSSR count). The van der Waals surface area contributed by atoms with Crippen molar-refractivity contribution in [1.29, 1.82) is 0 Å². The fourth-order valence-corrected chi connectivity index (χ4v) is 5.08. The molecular weight excluding hydrogens is 438 g/mol. The van der Waals surface area contributed by atoms with Gasteiger partial charge in [0.2, 0.25) is 0 Å². The molecule has 1 aliphatic heterocycles. The number of halogens is 1. The largest absolute Gasteiger partial charge is 0.478 e. The Labute approximate surface area is 186 Å². The summed E-state index contributed by atoms with van der Waals surface area (Å²) in [5, 5.41) is 13.5. The van der Waals surface area contributed by atoms with E-state index in [0.717, 1.165) is 22.1 Å². The number of aromatic carboxylic acids is 1. The van der Waals surface area contributed by atoms with Crippen LogP contribution >= 0.6 is 15.9 Å². The lowest BCUT2D eigenvalue weighted by molar-refractivity contribution is 0.0697. The monoisotopic (exact) mass is 463 g/mol. The van der Waals surface area contributed by atoms with Crippen LogP contribution in [0.5, 0.6) is 0 Å². The van der Waals surface area contributed by atoms with Gasteiger partial charge in [-0.15, -0.1) is 0 Å². The summed E-state index contributed by atoms with van der Waals surface area (Å²) in [7, 11) is 0. The Morgan fingerprint density at radius 1 is 1.07 bits per heavy atom. The predicted octanol–water partition coefficient (Wildman–Crippen LogP) is 6.88. The molecule has 1 heterocycles. The van der Waals surface area contributed by atoms with Gasteiger partial charge < -0.3 is 10.4 Å². The molecule has 0 aromatic heterocycles. The first-order valence-electron chi connectivity index (χ1n) is 10.3. The molecule has 0 aliphatic carbocycles. The minimum Gasteiger partial charge on any atom is -0.478 e. The number of hydrogen-bond acceptors (Lipinski definition) is 2. The second kappa shape index (κ2) is 8.27. The smallest absolute Gasteiger partial charge is 0.337 e. The Morgan fingerprint density at radius 3 is 2.50 bits per heavy atom. The average Bonchev–Trinajstić information content (AvgIpc) is 2.74.